The number of aliphatic hydroxyl groups excluding tert-OH is 1. The summed E-state index contributed by atoms with van der Waals surface area (Å²) in [6.07, 6.45) is 4.23. The van der Waals surface area contributed by atoms with Crippen LogP contribution in [0.2, 0.25) is 0 Å². The van der Waals surface area contributed by atoms with Crippen LogP contribution in [0.3, 0.4) is 0 Å². The van der Waals surface area contributed by atoms with Crippen LogP contribution in [-0.2, 0) is 25.5 Å². The summed E-state index contributed by atoms with van der Waals surface area (Å²) >= 11 is 0. The molecule has 0 saturated carbocycles. The van der Waals surface area contributed by atoms with Crippen LogP contribution >= 0.6 is 0 Å². The van der Waals surface area contributed by atoms with E-state index in [1.54, 1.807) is 18.2 Å². The van der Waals surface area contributed by atoms with Gasteiger partial charge < -0.3 is 20.5 Å². The molecule has 3 N–H and O–H groups in total. The standard InChI is InChI=1S/C34H38N2O5/c1-3-14-28(22-25-16-8-5-9-17-25)34(40)41-24-31(27-20-12-7-13-21-27)36-33(39)29(15-4-2)32(38)35-30(23-37)26-18-10-6-11-19-26/h3-13,16-21,28-31,37H,1-2,14-15,22-24H2,(H,35,38)(H,36,39)/t28-,29?,30-,31+/m0/s1. The molecule has 0 heterocycles. The van der Waals surface area contributed by atoms with Gasteiger partial charge in [-0.1, -0.05) is 103 Å². The summed E-state index contributed by atoms with van der Waals surface area (Å²) in [5, 5.41) is 15.6. The van der Waals surface area contributed by atoms with Gasteiger partial charge in [0.25, 0.3) is 0 Å². The summed E-state index contributed by atoms with van der Waals surface area (Å²) in [6.45, 7) is 7.05. The monoisotopic (exact) mass is 554 g/mol. The molecule has 1 unspecified atom stereocenters. The van der Waals surface area contributed by atoms with Crippen molar-refractivity contribution in [3.63, 3.8) is 0 Å². The van der Waals surface area contributed by atoms with Crippen molar-refractivity contribution in [2.24, 2.45) is 11.8 Å². The predicted octanol–water partition coefficient (Wildman–Crippen LogP) is 4.86. The number of carbonyl (C=O) groups is 3. The Kier molecular flexibility index (Phi) is 12.6. The first-order chi connectivity index (χ1) is 20.0. The highest BCUT2D eigenvalue weighted by molar-refractivity contribution is 6.00. The molecule has 7 nitrogen and oxygen atoms in total. The molecule has 214 valence electrons. The molecule has 0 fully saturated rings. The Bertz CT molecular complexity index is 1260. The fourth-order valence-corrected chi connectivity index (χ4v) is 4.52. The Morgan fingerprint density at radius 3 is 1.73 bits per heavy atom. The second kappa shape index (κ2) is 16.6. The fourth-order valence-electron chi connectivity index (χ4n) is 4.52. The van der Waals surface area contributed by atoms with Crippen LogP contribution in [0.4, 0.5) is 0 Å². The van der Waals surface area contributed by atoms with Crippen LogP contribution in [0.15, 0.2) is 116 Å². The third kappa shape index (κ3) is 9.58. The van der Waals surface area contributed by atoms with Crippen molar-refractivity contribution in [3.05, 3.63) is 133 Å². The number of benzene rings is 3. The Hall–Kier alpha value is -4.49. The van der Waals surface area contributed by atoms with E-state index in [1.807, 2.05) is 78.9 Å². The summed E-state index contributed by atoms with van der Waals surface area (Å²) in [5.74, 6) is -2.99. The number of hydrogen-bond donors (Lipinski definition) is 3. The van der Waals surface area contributed by atoms with Gasteiger partial charge in [-0.05, 0) is 36.0 Å². The largest absolute Gasteiger partial charge is 0.463 e. The summed E-state index contributed by atoms with van der Waals surface area (Å²) in [5.41, 5.74) is 2.46. The highest BCUT2D eigenvalue weighted by atomic mass is 16.5. The lowest BCUT2D eigenvalue weighted by Crippen LogP contribution is -2.45. The minimum absolute atomic E-state index is 0.0877. The molecule has 3 aromatic carbocycles. The molecule has 0 aliphatic heterocycles. The maximum Gasteiger partial charge on any atom is 0.309 e. The van der Waals surface area contributed by atoms with Crippen molar-refractivity contribution in [1.29, 1.82) is 0 Å². The van der Waals surface area contributed by atoms with Crippen molar-refractivity contribution in [2.75, 3.05) is 13.2 Å². The summed E-state index contributed by atoms with van der Waals surface area (Å²) in [7, 11) is 0. The molecule has 7 heteroatoms. The number of nitrogens with one attached hydrogen (secondary N) is 2. The van der Waals surface area contributed by atoms with Gasteiger partial charge in [-0.15, -0.1) is 13.2 Å². The van der Waals surface area contributed by atoms with E-state index in [-0.39, 0.29) is 19.6 Å². The zero-order valence-electron chi connectivity index (χ0n) is 23.2. The van der Waals surface area contributed by atoms with E-state index < -0.39 is 41.7 Å². The highest BCUT2D eigenvalue weighted by Crippen LogP contribution is 2.20. The number of allylic oxidation sites excluding steroid dienone is 2. The fraction of sp³-hybridized carbons (Fsp3) is 0.265. The second-order valence-corrected chi connectivity index (χ2v) is 9.74. The molecule has 0 aliphatic rings. The van der Waals surface area contributed by atoms with Gasteiger partial charge >= 0.3 is 5.97 Å². The Morgan fingerprint density at radius 1 is 0.732 bits per heavy atom. The predicted molar refractivity (Wildman–Crippen MR) is 159 cm³/mol. The molecule has 0 spiro atoms. The minimum Gasteiger partial charge on any atom is -0.463 e. The molecule has 2 amide bonds. The van der Waals surface area contributed by atoms with Crippen LogP contribution in [0.5, 0.6) is 0 Å². The van der Waals surface area contributed by atoms with Crippen LogP contribution in [0, 0.1) is 11.8 Å². The van der Waals surface area contributed by atoms with Crippen molar-refractivity contribution < 1.29 is 24.2 Å². The molecular formula is C34H38N2O5. The molecular weight excluding hydrogens is 516 g/mol. The molecule has 3 rings (SSSR count). The van der Waals surface area contributed by atoms with E-state index >= 15 is 0 Å². The van der Waals surface area contributed by atoms with E-state index in [1.165, 1.54) is 6.08 Å². The van der Waals surface area contributed by atoms with E-state index in [4.69, 9.17) is 4.74 Å². The van der Waals surface area contributed by atoms with Gasteiger partial charge in [0.15, 0.2) is 0 Å². The number of ether oxygens (including phenoxy) is 1. The van der Waals surface area contributed by atoms with Crippen LogP contribution in [0.25, 0.3) is 0 Å². The quantitative estimate of drug-likeness (QED) is 0.133. The van der Waals surface area contributed by atoms with Crippen LogP contribution in [-0.4, -0.2) is 36.1 Å². The van der Waals surface area contributed by atoms with E-state index in [0.717, 1.165) is 16.7 Å². The van der Waals surface area contributed by atoms with Gasteiger partial charge in [0, 0.05) is 0 Å². The zero-order valence-corrected chi connectivity index (χ0v) is 23.2. The van der Waals surface area contributed by atoms with Crippen LogP contribution < -0.4 is 10.6 Å². The Morgan fingerprint density at radius 2 is 1.22 bits per heavy atom. The van der Waals surface area contributed by atoms with Crippen molar-refractivity contribution >= 4 is 17.8 Å². The number of amides is 2. The highest BCUT2D eigenvalue weighted by Gasteiger charge is 2.30. The molecule has 0 radical (unpaired) electrons. The van der Waals surface area contributed by atoms with Gasteiger partial charge in [-0.3, -0.25) is 14.4 Å². The maximum atomic E-state index is 13.5. The van der Waals surface area contributed by atoms with Crippen molar-refractivity contribution in [3.8, 4) is 0 Å². The van der Waals surface area contributed by atoms with Gasteiger partial charge in [0.05, 0.1) is 24.6 Å². The molecule has 0 bridgehead atoms. The average molecular weight is 555 g/mol. The molecule has 0 aromatic heterocycles. The number of rotatable bonds is 16. The Labute approximate surface area is 241 Å². The lowest BCUT2D eigenvalue weighted by Gasteiger charge is -2.25. The SMILES string of the molecule is C=CCC(C(=O)N[C@@H](CO)c1ccccc1)C(=O)N[C@H](COC(=O)[C@@H](CC=C)Cc1ccccc1)c1ccccc1. The van der Waals surface area contributed by atoms with E-state index in [0.29, 0.717) is 12.8 Å². The Balaban J connectivity index is 1.73. The molecule has 0 aliphatic carbocycles. The van der Waals surface area contributed by atoms with Crippen molar-refractivity contribution in [1.82, 2.24) is 10.6 Å². The van der Waals surface area contributed by atoms with Gasteiger partial charge in [-0.2, -0.15) is 0 Å². The third-order valence-electron chi connectivity index (χ3n) is 6.76. The average Bonchev–Trinajstić information content (AvgIpc) is 3.01. The van der Waals surface area contributed by atoms with Crippen molar-refractivity contribution in [2.45, 2.75) is 31.3 Å². The first-order valence-electron chi connectivity index (χ1n) is 13.7. The number of carbonyl (C=O) groups excluding carboxylic acids is 3. The minimum atomic E-state index is -1.10. The summed E-state index contributed by atoms with van der Waals surface area (Å²) in [6, 6.07) is 26.5. The van der Waals surface area contributed by atoms with Gasteiger partial charge in [0.2, 0.25) is 11.8 Å². The number of hydrogen-bond acceptors (Lipinski definition) is 5. The third-order valence-corrected chi connectivity index (χ3v) is 6.76. The molecule has 4 atom stereocenters. The summed E-state index contributed by atoms with van der Waals surface area (Å²) in [4.78, 5) is 39.8. The lowest BCUT2D eigenvalue weighted by molar-refractivity contribution is -0.150. The zero-order chi connectivity index (χ0) is 29.5. The maximum absolute atomic E-state index is 13.5. The molecule has 3 aromatic rings. The number of esters is 1. The van der Waals surface area contributed by atoms with E-state index in [2.05, 4.69) is 23.8 Å². The second-order valence-electron chi connectivity index (χ2n) is 9.74. The smallest absolute Gasteiger partial charge is 0.309 e. The first kappa shape index (κ1) is 31.0. The normalized spacial score (nSPS) is 13.6. The molecule has 41 heavy (non-hydrogen) atoms. The van der Waals surface area contributed by atoms with Gasteiger partial charge in [-0.25, -0.2) is 0 Å². The van der Waals surface area contributed by atoms with Crippen LogP contribution in [0.1, 0.15) is 41.6 Å². The lowest BCUT2D eigenvalue weighted by atomic mass is 9.96. The first-order valence-corrected chi connectivity index (χ1v) is 13.7. The van der Waals surface area contributed by atoms with E-state index in [9.17, 15) is 19.5 Å². The van der Waals surface area contributed by atoms with Gasteiger partial charge in [0.1, 0.15) is 12.5 Å². The summed E-state index contributed by atoms with van der Waals surface area (Å²) < 4.78 is 5.73. The number of aliphatic hydroxyl groups is 1. The topological polar surface area (TPSA) is 105 Å². The molecule has 0 saturated heterocycles.